The van der Waals surface area contributed by atoms with E-state index in [-0.39, 0.29) is 6.61 Å². The molecule has 0 saturated carbocycles. The van der Waals surface area contributed by atoms with Crippen LogP contribution < -0.4 is 4.90 Å². The first-order chi connectivity index (χ1) is 9.19. The Morgan fingerprint density at radius 1 is 1.37 bits per heavy atom. The molecular weight excluding hydrogens is 282 g/mol. The largest absolute Gasteiger partial charge is 0.396 e. The molecule has 6 heteroatoms. The van der Waals surface area contributed by atoms with E-state index in [0.29, 0.717) is 6.42 Å². The summed E-state index contributed by atoms with van der Waals surface area (Å²) < 4.78 is 0. The van der Waals surface area contributed by atoms with Crippen LogP contribution in [0.3, 0.4) is 0 Å². The van der Waals surface area contributed by atoms with Gasteiger partial charge >= 0.3 is 0 Å². The van der Waals surface area contributed by atoms with E-state index in [4.69, 9.17) is 16.7 Å². The summed E-state index contributed by atoms with van der Waals surface area (Å²) in [5.74, 6) is 0. The summed E-state index contributed by atoms with van der Waals surface area (Å²) in [7, 11) is 0. The number of benzene rings is 1. The Morgan fingerprint density at radius 3 is 2.84 bits per heavy atom. The lowest BCUT2D eigenvalue weighted by molar-refractivity contribution is 0.289. The predicted octanol–water partition coefficient (Wildman–Crippen LogP) is 2.89. The fraction of sp³-hybridized carbons (Fsp3) is 0.385. The second-order valence-electron chi connectivity index (χ2n) is 4.23. The standard InChI is InChI=1S/C13H16ClN3OS/c1-10-15-16-13(19-10)17(6-3-7-18)9-11-4-2-5-12(14)8-11/h2,4-5,8,18H,3,6-7,9H2,1H3. The molecule has 102 valence electrons. The van der Waals surface area contributed by atoms with Gasteiger partial charge in [0, 0.05) is 24.7 Å². The third kappa shape index (κ3) is 4.16. The highest BCUT2D eigenvalue weighted by Gasteiger charge is 2.12. The molecule has 0 saturated heterocycles. The number of nitrogens with zero attached hydrogens (tertiary/aromatic N) is 3. The highest BCUT2D eigenvalue weighted by molar-refractivity contribution is 7.15. The van der Waals surface area contributed by atoms with Crippen molar-refractivity contribution < 1.29 is 5.11 Å². The minimum absolute atomic E-state index is 0.170. The summed E-state index contributed by atoms with van der Waals surface area (Å²) in [6.07, 6.45) is 0.708. The van der Waals surface area contributed by atoms with Crippen LogP contribution in [0.1, 0.15) is 17.0 Å². The average molecular weight is 298 g/mol. The van der Waals surface area contributed by atoms with Gasteiger partial charge in [0.15, 0.2) is 0 Å². The Balaban J connectivity index is 2.13. The lowest BCUT2D eigenvalue weighted by Crippen LogP contribution is -2.24. The van der Waals surface area contributed by atoms with E-state index in [1.807, 2.05) is 31.2 Å². The topological polar surface area (TPSA) is 49.2 Å². The molecule has 0 aliphatic rings. The zero-order valence-corrected chi connectivity index (χ0v) is 12.3. The summed E-state index contributed by atoms with van der Waals surface area (Å²) >= 11 is 7.56. The van der Waals surface area contributed by atoms with Crippen molar-refractivity contribution in [2.24, 2.45) is 0 Å². The number of aromatic nitrogens is 2. The van der Waals surface area contributed by atoms with Crippen molar-refractivity contribution >= 4 is 28.1 Å². The molecule has 0 bridgehead atoms. The molecule has 0 fully saturated rings. The molecule has 0 amide bonds. The first kappa shape index (κ1) is 14.2. The molecule has 0 aliphatic heterocycles. The van der Waals surface area contributed by atoms with Gasteiger partial charge in [-0.15, -0.1) is 10.2 Å². The molecule has 0 radical (unpaired) electrons. The van der Waals surface area contributed by atoms with Crippen LogP contribution in [0.5, 0.6) is 0 Å². The number of halogens is 1. The molecule has 0 aliphatic carbocycles. The molecular formula is C13H16ClN3OS. The molecule has 2 rings (SSSR count). The van der Waals surface area contributed by atoms with Crippen LogP contribution in [0.25, 0.3) is 0 Å². The van der Waals surface area contributed by atoms with Crippen LogP contribution in [0.4, 0.5) is 5.13 Å². The number of hydrogen-bond donors (Lipinski definition) is 1. The van der Waals surface area contributed by atoms with E-state index in [9.17, 15) is 0 Å². The van der Waals surface area contributed by atoms with Crippen LogP contribution in [0.2, 0.25) is 5.02 Å². The van der Waals surface area contributed by atoms with E-state index in [0.717, 1.165) is 33.8 Å². The van der Waals surface area contributed by atoms with Gasteiger partial charge in [0.25, 0.3) is 0 Å². The second-order valence-corrected chi connectivity index (χ2v) is 5.83. The summed E-state index contributed by atoms with van der Waals surface area (Å²) in [5, 5.41) is 19.8. The van der Waals surface area contributed by atoms with Crippen molar-refractivity contribution in [1.82, 2.24) is 10.2 Å². The molecule has 2 aromatic rings. The van der Waals surface area contributed by atoms with E-state index < -0.39 is 0 Å². The minimum atomic E-state index is 0.170. The number of aryl methyl sites for hydroxylation is 1. The molecule has 1 aromatic carbocycles. The summed E-state index contributed by atoms with van der Waals surface area (Å²) in [4.78, 5) is 2.12. The molecule has 4 nitrogen and oxygen atoms in total. The van der Waals surface area contributed by atoms with Gasteiger partial charge in [-0.2, -0.15) is 0 Å². The highest BCUT2D eigenvalue weighted by Crippen LogP contribution is 2.22. The van der Waals surface area contributed by atoms with Gasteiger partial charge in [-0.05, 0) is 31.0 Å². The zero-order chi connectivity index (χ0) is 13.7. The Hall–Kier alpha value is -1.17. The van der Waals surface area contributed by atoms with E-state index >= 15 is 0 Å². The lowest BCUT2D eigenvalue weighted by atomic mass is 10.2. The fourth-order valence-electron chi connectivity index (χ4n) is 1.77. The minimum Gasteiger partial charge on any atom is -0.396 e. The Morgan fingerprint density at radius 2 is 2.21 bits per heavy atom. The number of anilines is 1. The van der Waals surface area contributed by atoms with Crippen LogP contribution in [0, 0.1) is 6.92 Å². The van der Waals surface area contributed by atoms with Crippen LogP contribution in [0.15, 0.2) is 24.3 Å². The van der Waals surface area contributed by atoms with Gasteiger partial charge in [0.1, 0.15) is 5.01 Å². The molecule has 0 spiro atoms. The van der Waals surface area contributed by atoms with E-state index in [1.54, 1.807) is 11.3 Å². The normalized spacial score (nSPS) is 10.7. The lowest BCUT2D eigenvalue weighted by Gasteiger charge is -2.21. The molecule has 0 atom stereocenters. The van der Waals surface area contributed by atoms with Gasteiger partial charge in [0.05, 0.1) is 0 Å². The zero-order valence-electron chi connectivity index (χ0n) is 10.7. The maximum absolute atomic E-state index is 9.00. The molecule has 0 unspecified atom stereocenters. The van der Waals surface area contributed by atoms with Gasteiger partial charge < -0.3 is 10.0 Å². The molecule has 1 heterocycles. The Kier molecular flexibility index (Phi) is 5.13. The Labute approximate surface area is 121 Å². The maximum Gasteiger partial charge on any atom is 0.208 e. The number of aliphatic hydroxyl groups excluding tert-OH is 1. The number of rotatable bonds is 6. The molecule has 1 aromatic heterocycles. The first-order valence-electron chi connectivity index (χ1n) is 6.09. The second kappa shape index (κ2) is 6.84. The number of aliphatic hydroxyl groups is 1. The van der Waals surface area contributed by atoms with Crippen molar-refractivity contribution in [1.29, 1.82) is 0 Å². The Bertz CT molecular complexity index is 532. The smallest absolute Gasteiger partial charge is 0.208 e. The molecule has 1 N–H and O–H groups in total. The van der Waals surface area contributed by atoms with Gasteiger partial charge in [0.2, 0.25) is 5.13 Å². The number of hydrogen-bond acceptors (Lipinski definition) is 5. The van der Waals surface area contributed by atoms with Gasteiger partial charge in [-0.3, -0.25) is 0 Å². The third-order valence-corrected chi connectivity index (χ3v) is 3.77. The van der Waals surface area contributed by atoms with E-state index in [1.165, 1.54) is 0 Å². The van der Waals surface area contributed by atoms with E-state index in [2.05, 4.69) is 15.1 Å². The predicted molar refractivity (Wildman–Crippen MR) is 78.9 cm³/mol. The monoisotopic (exact) mass is 297 g/mol. The summed E-state index contributed by atoms with van der Waals surface area (Å²) in [6, 6.07) is 7.78. The average Bonchev–Trinajstić information content (AvgIpc) is 2.81. The first-order valence-corrected chi connectivity index (χ1v) is 7.29. The van der Waals surface area contributed by atoms with Crippen molar-refractivity contribution in [2.75, 3.05) is 18.1 Å². The maximum atomic E-state index is 9.00. The SMILES string of the molecule is Cc1nnc(N(CCCO)Cc2cccc(Cl)c2)s1. The summed E-state index contributed by atoms with van der Waals surface area (Å²) in [5.41, 5.74) is 1.12. The van der Waals surface area contributed by atoms with Crippen molar-refractivity contribution in [3.63, 3.8) is 0 Å². The van der Waals surface area contributed by atoms with Crippen molar-refractivity contribution in [3.05, 3.63) is 39.9 Å². The van der Waals surface area contributed by atoms with Crippen molar-refractivity contribution in [2.45, 2.75) is 19.9 Å². The summed E-state index contributed by atoms with van der Waals surface area (Å²) in [6.45, 7) is 3.57. The van der Waals surface area contributed by atoms with Gasteiger partial charge in [-0.1, -0.05) is 35.1 Å². The molecule has 19 heavy (non-hydrogen) atoms. The quantitative estimate of drug-likeness (QED) is 0.891. The van der Waals surface area contributed by atoms with Crippen LogP contribution >= 0.6 is 22.9 Å². The highest BCUT2D eigenvalue weighted by atomic mass is 35.5. The fourth-order valence-corrected chi connectivity index (χ4v) is 2.70. The van der Waals surface area contributed by atoms with Gasteiger partial charge in [-0.25, -0.2) is 0 Å². The van der Waals surface area contributed by atoms with Crippen LogP contribution in [-0.2, 0) is 6.54 Å². The van der Waals surface area contributed by atoms with Crippen molar-refractivity contribution in [3.8, 4) is 0 Å². The third-order valence-electron chi connectivity index (χ3n) is 2.63. The van der Waals surface area contributed by atoms with Crippen LogP contribution in [-0.4, -0.2) is 28.5 Å².